The Labute approximate surface area is 122 Å². The number of sulfonamides is 1. The molecular weight excluding hydrogens is 288 g/mol. The molecule has 106 valence electrons. The fourth-order valence-corrected chi connectivity index (χ4v) is 3.51. The topological polar surface area (TPSA) is 76.4 Å². The van der Waals surface area contributed by atoms with Crippen LogP contribution in [0.2, 0.25) is 0 Å². The quantitative estimate of drug-likeness (QED) is 0.912. The molecule has 0 saturated carbocycles. The normalized spacial score (nSPS) is 13.9. The van der Waals surface area contributed by atoms with Crippen molar-refractivity contribution in [2.45, 2.75) is 4.90 Å². The summed E-state index contributed by atoms with van der Waals surface area (Å²) in [5.41, 5.74) is 4.30. The Kier molecular flexibility index (Phi) is 3.05. The van der Waals surface area contributed by atoms with E-state index < -0.39 is 10.0 Å². The number of nitrogens with one attached hydrogen (secondary N) is 1. The highest BCUT2D eigenvalue weighted by Gasteiger charge is 2.33. The highest BCUT2D eigenvalue weighted by Crippen LogP contribution is 2.36. The van der Waals surface area contributed by atoms with Gasteiger partial charge in [-0.15, -0.1) is 5.53 Å². The van der Waals surface area contributed by atoms with Crippen molar-refractivity contribution in [3.8, 4) is 6.07 Å². The van der Waals surface area contributed by atoms with Crippen LogP contribution in [0.25, 0.3) is 0 Å². The van der Waals surface area contributed by atoms with E-state index in [1.807, 2.05) is 6.07 Å². The molecule has 1 heterocycles. The number of hydrogen-bond donors (Lipinski definition) is 1. The van der Waals surface area contributed by atoms with Crippen molar-refractivity contribution >= 4 is 21.4 Å². The molecule has 0 atom stereocenters. The Bertz CT molecular complexity index is 828. The van der Waals surface area contributed by atoms with Crippen LogP contribution in [-0.2, 0) is 10.0 Å². The number of hydrazine groups is 2. The van der Waals surface area contributed by atoms with Crippen molar-refractivity contribution in [1.29, 1.82) is 5.26 Å². The molecule has 0 amide bonds. The highest BCUT2D eigenvalue weighted by atomic mass is 32.2. The summed E-state index contributed by atoms with van der Waals surface area (Å²) in [6, 6.07) is 15.1. The highest BCUT2D eigenvalue weighted by molar-refractivity contribution is 7.92. The van der Waals surface area contributed by atoms with Gasteiger partial charge in [-0.25, -0.2) is 0 Å². The second-order valence-corrected chi connectivity index (χ2v) is 6.34. The Hall–Kier alpha value is -2.56. The third kappa shape index (κ3) is 2.11. The standard InChI is InChI=1S/C14H12N4O2S/c1-17-13-8-7-11(10-15)9-14(13)18(16-17)21(19,20)12-5-3-2-4-6-12/h2-9,16H,1H3. The second kappa shape index (κ2) is 4.77. The SMILES string of the molecule is CN1NN(S(=O)(=O)c2ccccc2)c2cc(C#N)ccc21. The number of nitrogens with zero attached hydrogens (tertiary/aromatic N) is 3. The maximum absolute atomic E-state index is 12.7. The van der Waals surface area contributed by atoms with Crippen LogP contribution in [0, 0.1) is 11.3 Å². The predicted octanol–water partition coefficient (Wildman–Crippen LogP) is 1.62. The van der Waals surface area contributed by atoms with Crippen molar-refractivity contribution < 1.29 is 8.42 Å². The van der Waals surface area contributed by atoms with Gasteiger partial charge in [0.15, 0.2) is 0 Å². The van der Waals surface area contributed by atoms with Gasteiger partial charge in [0.1, 0.15) is 0 Å². The lowest BCUT2D eigenvalue weighted by Crippen LogP contribution is -2.45. The molecule has 21 heavy (non-hydrogen) atoms. The summed E-state index contributed by atoms with van der Waals surface area (Å²) in [4.78, 5) is 0.182. The lowest BCUT2D eigenvalue weighted by molar-refractivity contribution is 0.581. The molecule has 2 aromatic rings. The van der Waals surface area contributed by atoms with Crippen molar-refractivity contribution in [2.75, 3.05) is 16.5 Å². The molecule has 0 aliphatic carbocycles. The van der Waals surface area contributed by atoms with Crippen molar-refractivity contribution in [2.24, 2.45) is 0 Å². The van der Waals surface area contributed by atoms with E-state index in [2.05, 4.69) is 5.53 Å². The van der Waals surface area contributed by atoms with Crippen molar-refractivity contribution in [3.05, 3.63) is 54.1 Å². The summed E-state index contributed by atoms with van der Waals surface area (Å²) in [6.07, 6.45) is 0. The molecule has 0 saturated heterocycles. The molecule has 0 spiro atoms. The van der Waals surface area contributed by atoms with E-state index in [4.69, 9.17) is 5.26 Å². The van der Waals surface area contributed by atoms with Gasteiger partial charge in [-0.1, -0.05) is 18.2 Å². The van der Waals surface area contributed by atoms with Gasteiger partial charge in [0.05, 0.1) is 27.9 Å². The van der Waals surface area contributed by atoms with E-state index in [1.165, 1.54) is 12.1 Å². The third-order valence-corrected chi connectivity index (χ3v) is 4.83. The Morgan fingerprint density at radius 1 is 1.10 bits per heavy atom. The van der Waals surface area contributed by atoms with Gasteiger partial charge in [-0.3, -0.25) is 5.01 Å². The first kappa shape index (κ1) is 13.4. The summed E-state index contributed by atoms with van der Waals surface area (Å²) in [6.45, 7) is 0. The second-order valence-electron chi connectivity index (χ2n) is 4.56. The van der Waals surface area contributed by atoms with E-state index in [-0.39, 0.29) is 4.90 Å². The van der Waals surface area contributed by atoms with Crippen LogP contribution in [-0.4, -0.2) is 15.5 Å². The first-order valence-electron chi connectivity index (χ1n) is 6.18. The van der Waals surface area contributed by atoms with E-state index in [1.54, 1.807) is 48.5 Å². The zero-order valence-electron chi connectivity index (χ0n) is 11.2. The molecule has 1 aliphatic rings. The summed E-state index contributed by atoms with van der Waals surface area (Å²) >= 11 is 0. The summed E-state index contributed by atoms with van der Waals surface area (Å²) in [5, 5.41) is 10.6. The van der Waals surface area contributed by atoms with Crippen LogP contribution < -0.4 is 15.0 Å². The van der Waals surface area contributed by atoms with Crippen molar-refractivity contribution in [3.63, 3.8) is 0 Å². The molecule has 7 heteroatoms. The molecule has 1 aliphatic heterocycles. The largest absolute Gasteiger partial charge is 0.291 e. The van der Waals surface area contributed by atoms with Gasteiger partial charge in [0.25, 0.3) is 10.0 Å². The van der Waals surface area contributed by atoms with Gasteiger partial charge in [-0.2, -0.15) is 18.1 Å². The molecular formula is C14H12N4O2S. The van der Waals surface area contributed by atoms with E-state index >= 15 is 0 Å². The first-order valence-corrected chi connectivity index (χ1v) is 7.62. The molecule has 6 nitrogen and oxygen atoms in total. The molecule has 2 aromatic carbocycles. The fraction of sp³-hybridized carbons (Fsp3) is 0.0714. The monoisotopic (exact) mass is 300 g/mol. The summed E-state index contributed by atoms with van der Waals surface area (Å²) < 4.78 is 26.5. The maximum Gasteiger partial charge on any atom is 0.279 e. The van der Waals surface area contributed by atoms with Crippen molar-refractivity contribution in [1.82, 2.24) is 5.53 Å². The van der Waals surface area contributed by atoms with Crippen LogP contribution in [0.3, 0.4) is 0 Å². The third-order valence-electron chi connectivity index (χ3n) is 3.21. The molecule has 0 unspecified atom stereocenters. The van der Waals surface area contributed by atoms with Crippen LogP contribution in [0.15, 0.2) is 53.4 Å². The molecule has 0 aromatic heterocycles. The maximum atomic E-state index is 12.7. The average molecular weight is 300 g/mol. The van der Waals surface area contributed by atoms with Gasteiger partial charge < -0.3 is 0 Å². The van der Waals surface area contributed by atoms with E-state index in [0.717, 1.165) is 4.41 Å². The smallest absolute Gasteiger partial charge is 0.279 e. The van der Waals surface area contributed by atoms with Gasteiger partial charge in [0.2, 0.25) is 0 Å². The van der Waals surface area contributed by atoms with Crippen LogP contribution in [0.5, 0.6) is 0 Å². The number of nitriles is 1. The van der Waals surface area contributed by atoms with Gasteiger partial charge in [-0.05, 0) is 30.3 Å². The lowest BCUT2D eigenvalue weighted by Gasteiger charge is -2.20. The molecule has 3 rings (SSSR count). The Morgan fingerprint density at radius 3 is 2.48 bits per heavy atom. The number of benzene rings is 2. The summed E-state index contributed by atoms with van der Waals surface area (Å²) in [7, 11) is -2.03. The zero-order valence-corrected chi connectivity index (χ0v) is 12.0. The number of hydrogen-bond acceptors (Lipinski definition) is 5. The lowest BCUT2D eigenvalue weighted by atomic mass is 10.2. The molecule has 0 radical (unpaired) electrons. The number of fused-ring (bicyclic) bond motifs is 1. The van der Waals surface area contributed by atoms with Crippen LogP contribution in [0.4, 0.5) is 11.4 Å². The van der Waals surface area contributed by atoms with Gasteiger partial charge >= 0.3 is 0 Å². The minimum Gasteiger partial charge on any atom is -0.291 e. The van der Waals surface area contributed by atoms with E-state index in [0.29, 0.717) is 16.9 Å². The Morgan fingerprint density at radius 2 is 1.81 bits per heavy atom. The van der Waals surface area contributed by atoms with Crippen LogP contribution in [0.1, 0.15) is 5.56 Å². The van der Waals surface area contributed by atoms with E-state index in [9.17, 15) is 8.42 Å². The minimum absolute atomic E-state index is 0.182. The first-order chi connectivity index (χ1) is 10.0. The molecule has 0 fully saturated rings. The minimum atomic E-state index is -3.74. The average Bonchev–Trinajstić information content (AvgIpc) is 2.85. The molecule has 1 N–H and O–H groups in total. The zero-order chi connectivity index (χ0) is 15.0. The predicted molar refractivity (Wildman–Crippen MR) is 78.8 cm³/mol. The van der Waals surface area contributed by atoms with Gasteiger partial charge in [0, 0.05) is 7.05 Å². The number of anilines is 2. The molecule has 0 bridgehead atoms. The van der Waals surface area contributed by atoms with Crippen LogP contribution >= 0.6 is 0 Å². The fourth-order valence-electron chi connectivity index (χ4n) is 2.16. The Balaban J connectivity index is 2.13. The summed E-state index contributed by atoms with van der Waals surface area (Å²) in [5.74, 6) is 0. The number of rotatable bonds is 2.